The van der Waals surface area contributed by atoms with E-state index in [0.29, 0.717) is 0 Å². The molecule has 1 saturated heterocycles. The molecule has 0 saturated carbocycles. The monoisotopic (exact) mass is 130 g/mol. The first-order valence-electron chi connectivity index (χ1n) is 3.18. The molecule has 0 radical (unpaired) electrons. The number of hydrogen-bond donors (Lipinski definition) is 1. The SMILES string of the molecule is CNC1CCN(C)C1=O.[HH]. The van der Waals surface area contributed by atoms with Gasteiger partial charge in [-0.25, -0.2) is 0 Å². The normalized spacial score (nSPS) is 27.6. The van der Waals surface area contributed by atoms with Crippen molar-refractivity contribution in [2.45, 2.75) is 12.5 Å². The largest absolute Gasteiger partial charge is 0.344 e. The predicted molar refractivity (Wildman–Crippen MR) is 37.2 cm³/mol. The van der Waals surface area contributed by atoms with Crippen LogP contribution in [0.15, 0.2) is 0 Å². The molecule has 1 unspecified atom stereocenters. The Balaban J connectivity index is 0.000000810. The van der Waals surface area contributed by atoms with Crippen LogP contribution in [0.3, 0.4) is 0 Å². The molecule has 3 heteroatoms. The third kappa shape index (κ3) is 1.05. The van der Waals surface area contributed by atoms with Gasteiger partial charge >= 0.3 is 0 Å². The summed E-state index contributed by atoms with van der Waals surface area (Å²) in [6, 6.07) is 0.0787. The van der Waals surface area contributed by atoms with E-state index in [1.807, 2.05) is 14.1 Å². The van der Waals surface area contributed by atoms with E-state index in [0.717, 1.165) is 13.0 Å². The van der Waals surface area contributed by atoms with Gasteiger partial charge in [-0.05, 0) is 13.5 Å². The van der Waals surface area contributed by atoms with Crippen LogP contribution in [0.25, 0.3) is 0 Å². The fourth-order valence-electron chi connectivity index (χ4n) is 1.09. The molecule has 0 aromatic heterocycles. The second kappa shape index (κ2) is 2.35. The summed E-state index contributed by atoms with van der Waals surface area (Å²) >= 11 is 0. The summed E-state index contributed by atoms with van der Waals surface area (Å²) in [6.07, 6.45) is 0.950. The fraction of sp³-hybridized carbons (Fsp3) is 0.833. The highest BCUT2D eigenvalue weighted by atomic mass is 16.2. The maximum absolute atomic E-state index is 11.0. The average Bonchev–Trinajstić information content (AvgIpc) is 2.15. The van der Waals surface area contributed by atoms with E-state index in [-0.39, 0.29) is 13.4 Å². The molecule has 9 heavy (non-hydrogen) atoms. The summed E-state index contributed by atoms with van der Waals surface area (Å²) in [5.41, 5.74) is 0. The summed E-state index contributed by atoms with van der Waals surface area (Å²) in [5.74, 6) is 0.220. The first-order chi connectivity index (χ1) is 4.25. The van der Waals surface area contributed by atoms with Gasteiger partial charge in [-0.3, -0.25) is 4.79 Å². The maximum atomic E-state index is 11.0. The Labute approximate surface area is 56.5 Å². The van der Waals surface area contributed by atoms with Crippen molar-refractivity contribution >= 4 is 5.91 Å². The number of likely N-dealkylation sites (tertiary alicyclic amines) is 1. The quantitative estimate of drug-likeness (QED) is 0.527. The van der Waals surface area contributed by atoms with E-state index in [1.165, 1.54) is 0 Å². The zero-order valence-corrected chi connectivity index (χ0v) is 5.85. The van der Waals surface area contributed by atoms with Crippen molar-refractivity contribution in [2.24, 2.45) is 0 Å². The van der Waals surface area contributed by atoms with Gasteiger partial charge in [0.2, 0.25) is 5.91 Å². The maximum Gasteiger partial charge on any atom is 0.239 e. The van der Waals surface area contributed by atoms with Crippen molar-refractivity contribution in [2.75, 3.05) is 20.6 Å². The van der Waals surface area contributed by atoms with Gasteiger partial charge in [0.25, 0.3) is 0 Å². The van der Waals surface area contributed by atoms with Gasteiger partial charge in [-0.15, -0.1) is 0 Å². The first kappa shape index (κ1) is 6.55. The van der Waals surface area contributed by atoms with Gasteiger partial charge in [0.05, 0.1) is 6.04 Å². The number of nitrogens with zero attached hydrogens (tertiary/aromatic N) is 1. The first-order valence-corrected chi connectivity index (χ1v) is 3.18. The smallest absolute Gasteiger partial charge is 0.239 e. The van der Waals surface area contributed by atoms with E-state index in [9.17, 15) is 4.79 Å². The van der Waals surface area contributed by atoms with E-state index in [4.69, 9.17) is 0 Å². The van der Waals surface area contributed by atoms with Crippen LogP contribution >= 0.6 is 0 Å². The third-order valence-electron chi connectivity index (χ3n) is 1.78. The highest BCUT2D eigenvalue weighted by Crippen LogP contribution is 2.06. The predicted octanol–water partition coefficient (Wildman–Crippen LogP) is -0.317. The average molecular weight is 130 g/mol. The van der Waals surface area contributed by atoms with Gasteiger partial charge < -0.3 is 10.2 Å². The molecule has 1 fully saturated rings. The lowest BCUT2D eigenvalue weighted by Crippen LogP contribution is -2.34. The third-order valence-corrected chi connectivity index (χ3v) is 1.78. The molecule has 1 atom stereocenters. The van der Waals surface area contributed by atoms with Crippen molar-refractivity contribution in [3.63, 3.8) is 0 Å². The Morgan fingerprint density at radius 1 is 1.89 bits per heavy atom. The molecule has 0 aromatic carbocycles. The standard InChI is InChI=1S/C6H12N2O.H2/c1-7-5-3-4-8(2)6(5)9;/h5,7H,3-4H2,1-2H3;1H. The lowest BCUT2D eigenvalue weighted by atomic mass is 10.3. The minimum atomic E-state index is 0. The number of nitrogens with one attached hydrogen (secondary N) is 1. The fourth-order valence-corrected chi connectivity index (χ4v) is 1.09. The molecule has 3 nitrogen and oxygen atoms in total. The second-order valence-electron chi connectivity index (χ2n) is 2.39. The topological polar surface area (TPSA) is 32.3 Å². The van der Waals surface area contributed by atoms with Crippen LogP contribution < -0.4 is 5.32 Å². The molecule has 1 heterocycles. The Bertz CT molecular complexity index is 129. The highest BCUT2D eigenvalue weighted by Gasteiger charge is 2.26. The molecule has 54 valence electrons. The molecular formula is C6H14N2O. The van der Waals surface area contributed by atoms with Crippen LogP contribution in [-0.2, 0) is 4.79 Å². The molecule has 1 aliphatic rings. The van der Waals surface area contributed by atoms with Crippen LogP contribution in [0.4, 0.5) is 0 Å². The summed E-state index contributed by atoms with van der Waals surface area (Å²) in [6.45, 7) is 0.893. The number of likely N-dealkylation sites (N-methyl/N-ethyl adjacent to an activating group) is 2. The van der Waals surface area contributed by atoms with Crippen LogP contribution in [0.1, 0.15) is 7.85 Å². The number of carbonyl (C=O) groups is 1. The minimum absolute atomic E-state index is 0. The highest BCUT2D eigenvalue weighted by molar-refractivity contribution is 5.83. The Hall–Kier alpha value is -0.570. The van der Waals surface area contributed by atoms with Crippen LogP contribution in [0.2, 0.25) is 0 Å². The second-order valence-corrected chi connectivity index (χ2v) is 2.39. The Kier molecular flexibility index (Phi) is 1.71. The molecule has 0 spiro atoms. The molecule has 0 aromatic rings. The van der Waals surface area contributed by atoms with Crippen molar-refractivity contribution < 1.29 is 6.22 Å². The molecule has 1 aliphatic heterocycles. The van der Waals surface area contributed by atoms with Crippen molar-refractivity contribution in [1.82, 2.24) is 10.2 Å². The zero-order chi connectivity index (χ0) is 6.85. The zero-order valence-electron chi connectivity index (χ0n) is 5.85. The lowest BCUT2D eigenvalue weighted by molar-refractivity contribution is -0.128. The Morgan fingerprint density at radius 3 is 2.78 bits per heavy atom. The van der Waals surface area contributed by atoms with Gasteiger partial charge in [-0.1, -0.05) is 0 Å². The Morgan fingerprint density at radius 2 is 2.56 bits per heavy atom. The van der Waals surface area contributed by atoms with Crippen molar-refractivity contribution in [3.8, 4) is 0 Å². The summed E-state index contributed by atoms with van der Waals surface area (Å²) < 4.78 is 0. The van der Waals surface area contributed by atoms with Crippen LogP contribution in [0.5, 0.6) is 0 Å². The van der Waals surface area contributed by atoms with E-state index in [2.05, 4.69) is 5.32 Å². The van der Waals surface area contributed by atoms with Gasteiger partial charge in [0.1, 0.15) is 0 Å². The number of hydrogen-bond acceptors (Lipinski definition) is 2. The van der Waals surface area contributed by atoms with E-state index in [1.54, 1.807) is 4.90 Å². The summed E-state index contributed by atoms with van der Waals surface area (Å²) in [5, 5.41) is 2.95. The van der Waals surface area contributed by atoms with Gasteiger partial charge in [0, 0.05) is 15.0 Å². The molecule has 0 aliphatic carbocycles. The summed E-state index contributed by atoms with van der Waals surface area (Å²) in [4.78, 5) is 12.8. The van der Waals surface area contributed by atoms with Crippen molar-refractivity contribution in [1.29, 1.82) is 0 Å². The molecular weight excluding hydrogens is 116 g/mol. The minimum Gasteiger partial charge on any atom is -0.344 e. The lowest BCUT2D eigenvalue weighted by Gasteiger charge is -2.07. The molecule has 1 N–H and O–H groups in total. The van der Waals surface area contributed by atoms with Crippen LogP contribution in [-0.4, -0.2) is 37.5 Å². The number of rotatable bonds is 1. The molecule has 0 bridgehead atoms. The van der Waals surface area contributed by atoms with E-state index < -0.39 is 0 Å². The number of amides is 1. The van der Waals surface area contributed by atoms with Crippen molar-refractivity contribution in [3.05, 3.63) is 0 Å². The number of carbonyl (C=O) groups excluding carboxylic acids is 1. The van der Waals surface area contributed by atoms with E-state index >= 15 is 0 Å². The molecule has 1 amide bonds. The van der Waals surface area contributed by atoms with Gasteiger partial charge in [0.15, 0.2) is 0 Å². The molecule has 1 rings (SSSR count). The summed E-state index contributed by atoms with van der Waals surface area (Å²) in [7, 11) is 3.65. The van der Waals surface area contributed by atoms with Crippen LogP contribution in [0, 0.1) is 0 Å². The van der Waals surface area contributed by atoms with Gasteiger partial charge in [-0.2, -0.15) is 0 Å².